The molecule has 192 valence electrons. The van der Waals surface area contributed by atoms with E-state index < -0.39 is 0 Å². The van der Waals surface area contributed by atoms with Gasteiger partial charge >= 0.3 is 0 Å². The van der Waals surface area contributed by atoms with Crippen molar-refractivity contribution in [2.24, 2.45) is 0 Å². The van der Waals surface area contributed by atoms with Gasteiger partial charge in [-0.25, -0.2) is 0 Å². The lowest BCUT2D eigenvalue weighted by Gasteiger charge is -2.16. The van der Waals surface area contributed by atoms with E-state index in [1.54, 1.807) is 11.3 Å². The SMILES string of the molecule is CCC(CCCCCCCCCOc1ccc(-c2ccc(C#N)cc2)cc1)OCc1cc(Br)sc1Br. The topological polar surface area (TPSA) is 42.2 Å². The Kier molecular flexibility index (Phi) is 13.0. The summed E-state index contributed by atoms with van der Waals surface area (Å²) in [6.07, 6.45) is 11.3. The number of hydrogen-bond donors (Lipinski definition) is 0. The summed E-state index contributed by atoms with van der Waals surface area (Å²) in [4.78, 5) is 0. The van der Waals surface area contributed by atoms with Gasteiger partial charge in [0.05, 0.1) is 38.5 Å². The normalized spacial score (nSPS) is 11.8. The van der Waals surface area contributed by atoms with Crippen LogP contribution in [-0.4, -0.2) is 12.7 Å². The van der Waals surface area contributed by atoms with E-state index in [2.05, 4.69) is 63.1 Å². The van der Waals surface area contributed by atoms with E-state index in [0.717, 1.165) is 50.3 Å². The second-order valence-electron chi connectivity index (χ2n) is 9.02. The first kappa shape index (κ1) is 28.9. The summed E-state index contributed by atoms with van der Waals surface area (Å²) in [5.41, 5.74) is 4.15. The van der Waals surface area contributed by atoms with Crippen LogP contribution < -0.4 is 4.74 Å². The van der Waals surface area contributed by atoms with Gasteiger partial charge in [-0.05, 0) is 92.6 Å². The standard InChI is InChI=1S/C30H35Br2NO2S/c1-2-27(35-22-26-20-29(31)36-30(26)32)10-8-6-4-3-5-7-9-19-34-28-17-15-25(16-18-28)24-13-11-23(21-33)12-14-24/h11-18,20,27H,2-10,19,22H2,1H3. The smallest absolute Gasteiger partial charge is 0.119 e. The molecule has 2 aromatic carbocycles. The van der Waals surface area contributed by atoms with Gasteiger partial charge in [0.25, 0.3) is 0 Å². The molecule has 0 N–H and O–H groups in total. The van der Waals surface area contributed by atoms with Gasteiger partial charge < -0.3 is 9.47 Å². The molecule has 6 heteroatoms. The molecular weight excluding hydrogens is 598 g/mol. The van der Waals surface area contributed by atoms with Crippen LogP contribution in [0.15, 0.2) is 62.2 Å². The van der Waals surface area contributed by atoms with Crippen molar-refractivity contribution in [2.45, 2.75) is 77.4 Å². The van der Waals surface area contributed by atoms with Crippen molar-refractivity contribution in [3.05, 3.63) is 73.3 Å². The molecule has 0 amide bonds. The van der Waals surface area contributed by atoms with E-state index in [-0.39, 0.29) is 0 Å². The highest BCUT2D eigenvalue weighted by atomic mass is 79.9. The summed E-state index contributed by atoms with van der Waals surface area (Å²) in [7, 11) is 0. The minimum absolute atomic E-state index is 0.353. The number of rotatable bonds is 16. The summed E-state index contributed by atoms with van der Waals surface area (Å²) in [5, 5.41) is 8.93. The van der Waals surface area contributed by atoms with E-state index in [1.165, 1.54) is 44.1 Å². The predicted octanol–water partition coefficient (Wildman–Crippen LogP) is 10.3. The van der Waals surface area contributed by atoms with Crippen LogP contribution in [0.25, 0.3) is 11.1 Å². The van der Waals surface area contributed by atoms with Crippen LogP contribution in [0.2, 0.25) is 0 Å². The monoisotopic (exact) mass is 631 g/mol. The number of hydrogen-bond acceptors (Lipinski definition) is 4. The highest BCUT2D eigenvalue weighted by molar-refractivity contribution is 9.12. The van der Waals surface area contributed by atoms with Gasteiger partial charge in [0, 0.05) is 5.56 Å². The Balaban J connectivity index is 1.19. The fourth-order valence-electron chi connectivity index (χ4n) is 4.11. The van der Waals surface area contributed by atoms with Gasteiger partial charge in [-0.1, -0.05) is 69.7 Å². The molecule has 0 radical (unpaired) electrons. The molecule has 3 aromatic rings. The Bertz CT molecular complexity index is 1070. The Morgan fingerprint density at radius 1 is 0.861 bits per heavy atom. The first-order valence-corrected chi connectivity index (χ1v) is 15.3. The molecule has 0 aliphatic rings. The van der Waals surface area contributed by atoms with Crippen molar-refractivity contribution in [1.82, 2.24) is 0 Å². The minimum Gasteiger partial charge on any atom is -0.494 e. The number of benzene rings is 2. The van der Waals surface area contributed by atoms with Gasteiger partial charge in [-0.2, -0.15) is 5.26 Å². The summed E-state index contributed by atoms with van der Waals surface area (Å²) < 4.78 is 14.4. The molecule has 3 rings (SSSR count). The van der Waals surface area contributed by atoms with Gasteiger partial charge in [-0.3, -0.25) is 0 Å². The number of ether oxygens (including phenoxy) is 2. The van der Waals surface area contributed by atoms with E-state index in [0.29, 0.717) is 18.3 Å². The number of unbranched alkanes of at least 4 members (excludes halogenated alkanes) is 6. The van der Waals surface area contributed by atoms with Crippen LogP contribution >= 0.6 is 43.2 Å². The van der Waals surface area contributed by atoms with Gasteiger partial charge in [0.15, 0.2) is 0 Å². The molecule has 0 saturated heterocycles. The lowest BCUT2D eigenvalue weighted by Crippen LogP contribution is -2.11. The number of halogens is 2. The van der Waals surface area contributed by atoms with E-state index >= 15 is 0 Å². The summed E-state index contributed by atoms with van der Waals surface area (Å²) in [6.45, 7) is 3.67. The molecule has 0 saturated carbocycles. The Morgan fingerprint density at radius 2 is 1.47 bits per heavy atom. The highest BCUT2D eigenvalue weighted by Gasteiger charge is 2.10. The fourth-order valence-corrected chi connectivity index (χ4v) is 6.90. The lowest BCUT2D eigenvalue weighted by atomic mass is 10.0. The van der Waals surface area contributed by atoms with Crippen LogP contribution in [0.5, 0.6) is 5.75 Å². The van der Waals surface area contributed by atoms with Crippen molar-refractivity contribution in [1.29, 1.82) is 5.26 Å². The molecular formula is C30H35Br2NO2S. The van der Waals surface area contributed by atoms with E-state index in [4.69, 9.17) is 14.7 Å². The van der Waals surface area contributed by atoms with Crippen LogP contribution in [-0.2, 0) is 11.3 Å². The molecule has 0 spiro atoms. The third kappa shape index (κ3) is 10.0. The van der Waals surface area contributed by atoms with E-state index in [1.807, 2.05) is 36.4 Å². The first-order valence-electron chi connectivity index (χ1n) is 12.9. The zero-order chi connectivity index (χ0) is 25.6. The maximum absolute atomic E-state index is 8.93. The lowest BCUT2D eigenvalue weighted by molar-refractivity contribution is 0.0308. The first-order chi connectivity index (χ1) is 17.6. The van der Waals surface area contributed by atoms with Gasteiger partial charge in [-0.15, -0.1) is 11.3 Å². The van der Waals surface area contributed by atoms with Gasteiger partial charge in [0.1, 0.15) is 5.75 Å². The van der Waals surface area contributed by atoms with Gasteiger partial charge in [0.2, 0.25) is 0 Å². The average molecular weight is 633 g/mol. The predicted molar refractivity (Wildman–Crippen MR) is 158 cm³/mol. The van der Waals surface area contributed by atoms with Crippen LogP contribution in [0.1, 0.15) is 75.8 Å². The van der Waals surface area contributed by atoms with Crippen molar-refractivity contribution < 1.29 is 9.47 Å². The molecule has 1 heterocycles. The largest absolute Gasteiger partial charge is 0.494 e. The van der Waals surface area contributed by atoms with Crippen molar-refractivity contribution in [3.63, 3.8) is 0 Å². The molecule has 0 bridgehead atoms. The Morgan fingerprint density at radius 3 is 2.06 bits per heavy atom. The Hall–Kier alpha value is -1.65. The third-order valence-corrected chi connectivity index (χ3v) is 8.76. The molecule has 1 unspecified atom stereocenters. The minimum atomic E-state index is 0.353. The van der Waals surface area contributed by atoms with Crippen LogP contribution in [0, 0.1) is 11.3 Å². The second-order valence-corrected chi connectivity index (χ2v) is 12.8. The highest BCUT2D eigenvalue weighted by Crippen LogP contribution is 2.32. The summed E-state index contributed by atoms with van der Waals surface area (Å²) in [6, 6.07) is 20.2. The van der Waals surface area contributed by atoms with Crippen molar-refractivity contribution in [2.75, 3.05) is 6.61 Å². The summed E-state index contributed by atoms with van der Waals surface area (Å²) in [5.74, 6) is 0.916. The third-order valence-electron chi connectivity index (χ3n) is 6.30. The maximum atomic E-state index is 8.93. The quantitative estimate of drug-likeness (QED) is 0.148. The van der Waals surface area contributed by atoms with Crippen molar-refractivity contribution in [3.8, 4) is 22.9 Å². The second kappa shape index (κ2) is 16.2. The molecule has 0 aliphatic heterocycles. The molecule has 1 atom stereocenters. The van der Waals surface area contributed by atoms with Crippen LogP contribution in [0.4, 0.5) is 0 Å². The van der Waals surface area contributed by atoms with Crippen molar-refractivity contribution >= 4 is 43.2 Å². The zero-order valence-corrected chi connectivity index (χ0v) is 25.0. The van der Waals surface area contributed by atoms with E-state index in [9.17, 15) is 0 Å². The number of thiophene rings is 1. The molecule has 3 nitrogen and oxygen atoms in total. The maximum Gasteiger partial charge on any atom is 0.119 e. The average Bonchev–Trinajstić information content (AvgIpc) is 3.23. The molecule has 0 aliphatic carbocycles. The fraction of sp³-hybridized carbons (Fsp3) is 0.433. The van der Waals surface area contributed by atoms with Crippen LogP contribution in [0.3, 0.4) is 0 Å². The summed E-state index contributed by atoms with van der Waals surface area (Å²) >= 11 is 8.85. The number of nitrogens with zero attached hydrogens (tertiary/aromatic N) is 1. The zero-order valence-electron chi connectivity index (χ0n) is 21.0. The molecule has 36 heavy (non-hydrogen) atoms. The Labute approximate surface area is 237 Å². The molecule has 0 fully saturated rings. The molecule has 1 aromatic heterocycles. The number of nitriles is 1.